The number of carbonyl (C=O) groups excluding carboxylic acids is 2. The topological polar surface area (TPSA) is 232 Å². The highest BCUT2D eigenvalue weighted by Gasteiger charge is 2.30. The number of ketones is 1. The molecule has 0 spiro atoms. The number of guanidine groups is 2. The minimum Gasteiger partial charge on any atom is -0.508 e. The predicted octanol–water partition coefficient (Wildman–Crippen LogP) is 0.0178. The summed E-state index contributed by atoms with van der Waals surface area (Å²) in [7, 11) is 0. The highest BCUT2D eigenvalue weighted by Crippen LogP contribution is 2.18. The van der Waals surface area contributed by atoms with Crippen molar-refractivity contribution in [2.75, 3.05) is 6.54 Å². The summed E-state index contributed by atoms with van der Waals surface area (Å²) in [5, 5.41) is 22.1. The van der Waals surface area contributed by atoms with E-state index in [0.29, 0.717) is 12.0 Å². The number of aliphatic carboxylic acids is 1. The van der Waals surface area contributed by atoms with E-state index in [2.05, 4.69) is 15.3 Å². The van der Waals surface area contributed by atoms with Crippen LogP contribution in [0.5, 0.6) is 5.75 Å². The lowest BCUT2D eigenvalue weighted by atomic mass is 9.90. The molecule has 11 N–H and O–H groups in total. The van der Waals surface area contributed by atoms with Gasteiger partial charge in [0, 0.05) is 13.0 Å². The molecule has 204 valence electrons. The van der Waals surface area contributed by atoms with Gasteiger partial charge < -0.3 is 38.5 Å². The fourth-order valence-electron chi connectivity index (χ4n) is 3.84. The summed E-state index contributed by atoms with van der Waals surface area (Å²) in [5.74, 6) is -3.51. The number of nitrogens with zero attached hydrogens (tertiary/aromatic N) is 2. The minimum atomic E-state index is -1.12. The van der Waals surface area contributed by atoms with Gasteiger partial charge in [-0.05, 0) is 48.9 Å². The van der Waals surface area contributed by atoms with Gasteiger partial charge in [0.1, 0.15) is 11.8 Å². The monoisotopic (exact) mass is 525 g/mol. The van der Waals surface area contributed by atoms with Gasteiger partial charge in [-0.1, -0.05) is 42.5 Å². The maximum Gasteiger partial charge on any atom is 0.307 e. The number of phenols is 1. The van der Waals surface area contributed by atoms with Crippen LogP contribution in [0.15, 0.2) is 64.6 Å². The number of amides is 1. The Morgan fingerprint density at radius 2 is 1.50 bits per heavy atom. The van der Waals surface area contributed by atoms with Crippen LogP contribution in [0.4, 0.5) is 0 Å². The van der Waals surface area contributed by atoms with Crippen molar-refractivity contribution in [3.8, 4) is 5.75 Å². The number of aromatic hydroxyl groups is 1. The number of hydrogen-bond acceptors (Lipinski definition) is 6. The van der Waals surface area contributed by atoms with Crippen LogP contribution < -0.4 is 28.3 Å². The number of carboxylic acids is 1. The molecule has 3 atom stereocenters. The Hall–Kier alpha value is -4.61. The highest BCUT2D eigenvalue weighted by atomic mass is 16.4. The van der Waals surface area contributed by atoms with Crippen molar-refractivity contribution in [2.45, 2.75) is 44.2 Å². The molecule has 12 nitrogen and oxygen atoms in total. The Labute approximate surface area is 220 Å². The molecule has 0 bridgehead atoms. The lowest BCUT2D eigenvalue weighted by Crippen LogP contribution is -2.47. The second-order valence-electron chi connectivity index (χ2n) is 8.85. The molecule has 0 aliphatic rings. The molecular weight excluding hydrogens is 490 g/mol. The van der Waals surface area contributed by atoms with Gasteiger partial charge in [-0.15, -0.1) is 0 Å². The molecule has 2 aromatic carbocycles. The number of Topliss-reactive ketones (excluding diaryl/α,β-unsaturated/α-hetero) is 1. The standard InChI is InChI=1S/C26H35N7O5/c27-25(28)31-12-4-7-20(33-26(29)30)23(36)32-21(14-17-8-10-19(34)11-9-17)22(35)15-18(24(37)38)13-16-5-2-1-3-6-16/h1-3,5-6,8-11,18,20-21,34H,4,7,12-15H2,(H,32,36)(H,37,38)(H4,27,28,31)(H4,29,30,33)/t18-,20+,21+/m1/s1. The van der Waals surface area contributed by atoms with Crippen LogP contribution in [0.1, 0.15) is 30.4 Å². The van der Waals surface area contributed by atoms with E-state index >= 15 is 0 Å². The first-order valence-electron chi connectivity index (χ1n) is 12.1. The summed E-state index contributed by atoms with van der Waals surface area (Å²) in [5.41, 5.74) is 23.1. The van der Waals surface area contributed by atoms with E-state index in [-0.39, 0.29) is 49.9 Å². The van der Waals surface area contributed by atoms with Crippen molar-refractivity contribution in [3.05, 3.63) is 65.7 Å². The maximum absolute atomic E-state index is 13.4. The van der Waals surface area contributed by atoms with Crippen molar-refractivity contribution in [3.63, 3.8) is 0 Å². The normalized spacial score (nSPS) is 12.9. The number of nitrogens with two attached hydrogens (primary N) is 4. The molecule has 0 fully saturated rings. The number of nitrogens with one attached hydrogen (secondary N) is 1. The Kier molecular flexibility index (Phi) is 11.6. The number of rotatable bonds is 15. The van der Waals surface area contributed by atoms with Crippen LogP contribution >= 0.6 is 0 Å². The zero-order chi connectivity index (χ0) is 28.1. The van der Waals surface area contributed by atoms with Crippen molar-refractivity contribution in [1.29, 1.82) is 0 Å². The Morgan fingerprint density at radius 1 is 0.868 bits per heavy atom. The average Bonchev–Trinajstić information content (AvgIpc) is 2.86. The molecule has 0 radical (unpaired) electrons. The first-order valence-corrected chi connectivity index (χ1v) is 12.1. The third-order valence-electron chi connectivity index (χ3n) is 5.74. The van der Waals surface area contributed by atoms with Crippen LogP contribution in [0, 0.1) is 5.92 Å². The van der Waals surface area contributed by atoms with Gasteiger partial charge in [-0.2, -0.15) is 0 Å². The molecule has 1 amide bonds. The zero-order valence-corrected chi connectivity index (χ0v) is 21.0. The predicted molar refractivity (Wildman–Crippen MR) is 144 cm³/mol. The smallest absolute Gasteiger partial charge is 0.307 e. The Balaban J connectivity index is 2.23. The molecular formula is C26H35N7O5. The molecule has 0 saturated carbocycles. The van der Waals surface area contributed by atoms with Gasteiger partial charge >= 0.3 is 5.97 Å². The van der Waals surface area contributed by atoms with Crippen molar-refractivity contribution in [2.24, 2.45) is 38.8 Å². The Bertz CT molecular complexity index is 1130. The molecule has 0 aliphatic carbocycles. The van der Waals surface area contributed by atoms with Gasteiger partial charge in [-0.3, -0.25) is 19.4 Å². The number of aliphatic imine (C=N–C) groups is 2. The number of phenolic OH excluding ortho intramolecular Hbond substituents is 1. The molecule has 0 heterocycles. The quantitative estimate of drug-likeness (QED) is 0.0941. The molecule has 38 heavy (non-hydrogen) atoms. The molecule has 0 aliphatic heterocycles. The van der Waals surface area contributed by atoms with Crippen molar-refractivity contribution in [1.82, 2.24) is 5.32 Å². The van der Waals surface area contributed by atoms with Gasteiger partial charge in [0.15, 0.2) is 17.7 Å². The molecule has 0 unspecified atom stereocenters. The third kappa shape index (κ3) is 10.6. The van der Waals surface area contributed by atoms with E-state index in [1.165, 1.54) is 12.1 Å². The summed E-state index contributed by atoms with van der Waals surface area (Å²) in [4.78, 5) is 46.3. The zero-order valence-electron chi connectivity index (χ0n) is 21.0. The van der Waals surface area contributed by atoms with E-state index in [1.54, 1.807) is 36.4 Å². The summed E-state index contributed by atoms with van der Waals surface area (Å²) in [6.07, 6.45) is 0.521. The van der Waals surface area contributed by atoms with Crippen LogP contribution in [0.2, 0.25) is 0 Å². The van der Waals surface area contributed by atoms with E-state index in [1.807, 2.05) is 6.07 Å². The second kappa shape index (κ2) is 14.8. The van der Waals surface area contributed by atoms with Crippen LogP contribution in [-0.4, -0.2) is 58.4 Å². The third-order valence-corrected chi connectivity index (χ3v) is 5.74. The highest BCUT2D eigenvalue weighted by molar-refractivity contribution is 5.93. The summed E-state index contributed by atoms with van der Waals surface area (Å²) >= 11 is 0. The SMILES string of the molecule is NC(N)=NCCC[C@H](N=C(N)N)C(=O)N[C@@H](Cc1ccc(O)cc1)C(=O)C[C@@H](Cc1ccccc1)C(=O)O. The van der Waals surface area contributed by atoms with Crippen LogP contribution in [0.3, 0.4) is 0 Å². The molecule has 2 aromatic rings. The largest absolute Gasteiger partial charge is 0.508 e. The minimum absolute atomic E-state index is 0.0445. The van der Waals surface area contributed by atoms with Crippen molar-refractivity contribution >= 4 is 29.6 Å². The summed E-state index contributed by atoms with van der Waals surface area (Å²) in [6, 6.07) is 13.1. The summed E-state index contributed by atoms with van der Waals surface area (Å²) < 4.78 is 0. The second-order valence-corrected chi connectivity index (χ2v) is 8.85. The van der Waals surface area contributed by atoms with Gasteiger partial charge in [0.05, 0.1) is 12.0 Å². The lowest BCUT2D eigenvalue weighted by Gasteiger charge is -2.22. The van der Waals surface area contributed by atoms with E-state index < -0.39 is 35.7 Å². The van der Waals surface area contributed by atoms with Gasteiger partial charge in [0.25, 0.3) is 0 Å². The van der Waals surface area contributed by atoms with Crippen molar-refractivity contribution < 1.29 is 24.6 Å². The molecule has 0 saturated heterocycles. The van der Waals surface area contributed by atoms with E-state index in [0.717, 1.165) is 5.56 Å². The lowest BCUT2D eigenvalue weighted by molar-refractivity contribution is -0.144. The number of carbonyl (C=O) groups is 3. The summed E-state index contributed by atoms with van der Waals surface area (Å²) in [6.45, 7) is 0.252. The molecule has 0 aromatic heterocycles. The fourth-order valence-corrected chi connectivity index (χ4v) is 3.84. The number of hydrogen-bond donors (Lipinski definition) is 7. The molecule has 2 rings (SSSR count). The molecule has 12 heteroatoms. The van der Waals surface area contributed by atoms with Gasteiger partial charge in [0.2, 0.25) is 5.91 Å². The maximum atomic E-state index is 13.4. The van der Waals surface area contributed by atoms with E-state index in [4.69, 9.17) is 22.9 Å². The van der Waals surface area contributed by atoms with Crippen LogP contribution in [0.25, 0.3) is 0 Å². The first kappa shape index (κ1) is 29.6. The van der Waals surface area contributed by atoms with E-state index in [9.17, 15) is 24.6 Å². The first-order chi connectivity index (χ1) is 18.0. The number of carboxylic acid groups (broad SMARTS) is 1. The Morgan fingerprint density at radius 3 is 2.08 bits per heavy atom. The fraction of sp³-hybridized carbons (Fsp3) is 0.346. The number of benzene rings is 2. The average molecular weight is 526 g/mol. The van der Waals surface area contributed by atoms with Crippen LogP contribution in [-0.2, 0) is 27.2 Å². The van der Waals surface area contributed by atoms with Gasteiger partial charge in [-0.25, -0.2) is 4.99 Å².